The summed E-state index contributed by atoms with van der Waals surface area (Å²) in [6, 6.07) is 9.39. The van der Waals surface area contributed by atoms with Crippen molar-refractivity contribution in [3.8, 4) is 0 Å². The number of hydrogen-bond donors (Lipinski definition) is 1. The molecule has 0 amide bonds. The fraction of sp³-hybridized carbons (Fsp3) is 0.480. The maximum atomic E-state index is 15.2. The molecule has 0 bridgehead atoms. The van der Waals surface area contributed by atoms with Crippen molar-refractivity contribution < 1.29 is 8.78 Å². The molecule has 0 aliphatic carbocycles. The average molecular weight is 425 g/mol. The van der Waals surface area contributed by atoms with Gasteiger partial charge >= 0.3 is 0 Å². The second-order valence-corrected chi connectivity index (χ2v) is 9.56. The molecule has 3 atom stereocenters. The van der Waals surface area contributed by atoms with Crippen LogP contribution in [-0.4, -0.2) is 29.6 Å². The molecule has 2 aromatic carbocycles. The highest BCUT2D eigenvalue weighted by molar-refractivity contribution is 5.76. The molecule has 6 heteroatoms. The van der Waals surface area contributed by atoms with Gasteiger partial charge in [0, 0.05) is 25.3 Å². The van der Waals surface area contributed by atoms with Crippen LogP contribution >= 0.6 is 0 Å². The van der Waals surface area contributed by atoms with Gasteiger partial charge in [-0.25, -0.2) is 13.8 Å². The van der Waals surface area contributed by atoms with Crippen LogP contribution in [0.4, 0.5) is 20.2 Å². The summed E-state index contributed by atoms with van der Waals surface area (Å²) >= 11 is 0. The third-order valence-electron chi connectivity index (χ3n) is 6.78. The maximum Gasteiger partial charge on any atom is 0.151 e. The van der Waals surface area contributed by atoms with Crippen LogP contribution in [0.1, 0.15) is 50.5 Å². The largest absolute Gasteiger partial charge is 0.366 e. The highest BCUT2D eigenvalue weighted by Gasteiger charge is 2.30. The number of hydrogen-bond acceptors (Lipinski definition) is 3. The van der Waals surface area contributed by atoms with E-state index >= 15 is 8.78 Å². The summed E-state index contributed by atoms with van der Waals surface area (Å²) in [4.78, 5) is 11.8. The molecule has 2 aliphatic heterocycles. The second kappa shape index (κ2) is 7.81. The molecule has 2 fully saturated rings. The quantitative estimate of drug-likeness (QED) is 0.562. The van der Waals surface area contributed by atoms with Crippen LogP contribution in [-0.2, 0) is 0 Å². The van der Waals surface area contributed by atoms with Crippen molar-refractivity contribution >= 4 is 22.4 Å². The SMILES string of the molecule is Cc1nc2ccc([C@H]3CCCN3c3cc(F)c(N4CC(C)CC(C)C4)c(F)c3)cc2[nH]1. The Morgan fingerprint density at radius 1 is 1.03 bits per heavy atom. The van der Waals surface area contributed by atoms with Crippen LogP contribution in [0.3, 0.4) is 0 Å². The van der Waals surface area contributed by atoms with E-state index in [1.54, 1.807) is 0 Å². The van der Waals surface area contributed by atoms with Crippen LogP contribution in [0.15, 0.2) is 30.3 Å². The number of anilines is 2. The number of rotatable bonds is 3. The van der Waals surface area contributed by atoms with Crippen molar-refractivity contribution in [2.45, 2.75) is 46.1 Å². The average Bonchev–Trinajstić information content (AvgIpc) is 3.31. The summed E-state index contributed by atoms with van der Waals surface area (Å²) in [5.74, 6) is 0.845. The first-order chi connectivity index (χ1) is 14.9. The van der Waals surface area contributed by atoms with Crippen LogP contribution in [0.25, 0.3) is 11.0 Å². The number of benzene rings is 2. The molecular weight excluding hydrogens is 394 g/mol. The number of imidazole rings is 1. The molecule has 3 aromatic rings. The number of nitrogens with zero attached hydrogens (tertiary/aromatic N) is 3. The van der Waals surface area contributed by atoms with E-state index in [-0.39, 0.29) is 11.7 Å². The number of halogens is 2. The predicted octanol–water partition coefficient (Wildman–Crippen LogP) is 5.97. The van der Waals surface area contributed by atoms with Crippen LogP contribution in [0.5, 0.6) is 0 Å². The normalized spacial score (nSPS) is 24.4. The van der Waals surface area contributed by atoms with Gasteiger partial charge in [0.05, 0.1) is 17.1 Å². The van der Waals surface area contributed by atoms with Crippen molar-refractivity contribution in [3.05, 3.63) is 53.4 Å². The topological polar surface area (TPSA) is 35.2 Å². The molecule has 4 nitrogen and oxygen atoms in total. The molecule has 31 heavy (non-hydrogen) atoms. The Kier molecular flexibility index (Phi) is 5.11. The zero-order chi connectivity index (χ0) is 21.7. The third kappa shape index (κ3) is 3.77. The first-order valence-electron chi connectivity index (χ1n) is 11.4. The van der Waals surface area contributed by atoms with Crippen molar-refractivity contribution in [2.24, 2.45) is 11.8 Å². The minimum absolute atomic E-state index is 0.104. The Hall–Kier alpha value is -2.63. The Bertz CT molecular complexity index is 1080. The molecular formula is C25H30F2N4. The zero-order valence-electron chi connectivity index (χ0n) is 18.5. The molecule has 164 valence electrons. The van der Waals surface area contributed by atoms with Gasteiger partial charge in [0.25, 0.3) is 0 Å². The Balaban J connectivity index is 1.46. The van der Waals surface area contributed by atoms with E-state index in [2.05, 4.69) is 40.8 Å². The van der Waals surface area contributed by atoms with Crippen molar-refractivity contribution in [1.29, 1.82) is 0 Å². The van der Waals surface area contributed by atoms with Gasteiger partial charge in [0.1, 0.15) is 11.5 Å². The lowest BCUT2D eigenvalue weighted by atomic mass is 9.91. The molecule has 0 radical (unpaired) electrons. The highest BCUT2D eigenvalue weighted by atomic mass is 19.1. The number of H-pyrrole nitrogens is 1. The van der Waals surface area contributed by atoms with E-state index in [1.165, 1.54) is 12.1 Å². The summed E-state index contributed by atoms with van der Waals surface area (Å²) in [5.41, 5.74) is 3.85. The van der Waals surface area contributed by atoms with E-state index in [9.17, 15) is 0 Å². The smallest absolute Gasteiger partial charge is 0.151 e. The molecule has 2 saturated heterocycles. The van der Waals surface area contributed by atoms with Crippen LogP contribution in [0, 0.1) is 30.4 Å². The molecule has 2 unspecified atom stereocenters. The summed E-state index contributed by atoms with van der Waals surface area (Å²) in [7, 11) is 0. The zero-order valence-corrected chi connectivity index (χ0v) is 18.5. The van der Waals surface area contributed by atoms with Gasteiger partial charge in [-0.2, -0.15) is 0 Å². The standard InChI is InChI=1S/C25H30F2N4/c1-15-9-16(2)14-30(13-15)25-20(26)11-19(12-21(25)27)31-8-4-5-24(31)18-6-7-22-23(10-18)29-17(3)28-22/h6-7,10-12,15-16,24H,4-5,8-9,13-14H2,1-3H3,(H,28,29)/t15?,16?,24-/m1/s1. The number of aryl methyl sites for hydroxylation is 1. The van der Waals surface area contributed by atoms with E-state index < -0.39 is 11.6 Å². The number of nitrogens with one attached hydrogen (secondary N) is 1. The van der Waals surface area contributed by atoms with Crippen molar-refractivity contribution in [2.75, 3.05) is 29.4 Å². The Morgan fingerprint density at radius 3 is 2.45 bits per heavy atom. The van der Waals surface area contributed by atoms with Crippen LogP contribution in [0.2, 0.25) is 0 Å². The van der Waals surface area contributed by atoms with Crippen LogP contribution < -0.4 is 9.80 Å². The van der Waals surface area contributed by atoms with Gasteiger partial charge in [-0.3, -0.25) is 0 Å². The maximum absolute atomic E-state index is 15.2. The number of aromatic amines is 1. The number of aromatic nitrogens is 2. The predicted molar refractivity (Wildman–Crippen MR) is 122 cm³/mol. The molecule has 1 aromatic heterocycles. The fourth-order valence-corrected chi connectivity index (χ4v) is 5.65. The Labute approximate surface area is 182 Å². The number of piperidine rings is 1. The summed E-state index contributed by atoms with van der Waals surface area (Å²) < 4.78 is 30.4. The summed E-state index contributed by atoms with van der Waals surface area (Å²) in [5, 5.41) is 0. The lowest BCUT2D eigenvalue weighted by molar-refractivity contribution is 0.352. The van der Waals surface area contributed by atoms with E-state index in [0.717, 1.165) is 48.2 Å². The molecule has 5 rings (SSSR count). The van der Waals surface area contributed by atoms with Gasteiger partial charge in [0.2, 0.25) is 0 Å². The lowest BCUT2D eigenvalue weighted by Crippen LogP contribution is -2.39. The minimum atomic E-state index is -0.457. The lowest BCUT2D eigenvalue weighted by Gasteiger charge is -2.37. The molecule has 0 saturated carbocycles. The molecule has 0 spiro atoms. The molecule has 1 N–H and O–H groups in total. The summed E-state index contributed by atoms with van der Waals surface area (Å²) in [6.45, 7) is 8.44. The van der Waals surface area contributed by atoms with Gasteiger partial charge in [0.15, 0.2) is 11.6 Å². The monoisotopic (exact) mass is 424 g/mol. The minimum Gasteiger partial charge on any atom is -0.366 e. The third-order valence-corrected chi connectivity index (χ3v) is 6.78. The Morgan fingerprint density at radius 2 is 1.74 bits per heavy atom. The van der Waals surface area contributed by atoms with Gasteiger partial charge in [-0.05, 0) is 67.9 Å². The first kappa shape index (κ1) is 20.3. The van der Waals surface area contributed by atoms with Crippen molar-refractivity contribution in [1.82, 2.24) is 9.97 Å². The van der Waals surface area contributed by atoms with Gasteiger partial charge < -0.3 is 14.8 Å². The first-order valence-corrected chi connectivity index (χ1v) is 11.4. The van der Waals surface area contributed by atoms with E-state index in [4.69, 9.17) is 0 Å². The van der Waals surface area contributed by atoms with Gasteiger partial charge in [-0.15, -0.1) is 0 Å². The summed E-state index contributed by atoms with van der Waals surface area (Å²) in [6.07, 6.45) is 3.06. The molecule has 3 heterocycles. The van der Waals surface area contributed by atoms with E-state index in [0.29, 0.717) is 30.6 Å². The highest BCUT2D eigenvalue weighted by Crippen LogP contribution is 2.40. The molecule has 2 aliphatic rings. The van der Waals surface area contributed by atoms with Gasteiger partial charge in [-0.1, -0.05) is 19.9 Å². The second-order valence-electron chi connectivity index (χ2n) is 9.56. The number of fused-ring (bicyclic) bond motifs is 1. The fourth-order valence-electron chi connectivity index (χ4n) is 5.65. The van der Waals surface area contributed by atoms with E-state index in [1.807, 2.05) is 17.9 Å². The van der Waals surface area contributed by atoms with Crippen molar-refractivity contribution in [3.63, 3.8) is 0 Å².